The normalized spacial score (nSPS) is 36.7. The maximum absolute atomic E-state index is 12.5. The van der Waals surface area contributed by atoms with Gasteiger partial charge in [0.05, 0.1) is 6.04 Å². The van der Waals surface area contributed by atoms with Crippen LogP contribution in [0.15, 0.2) is 0 Å². The molecule has 0 bridgehead atoms. The van der Waals surface area contributed by atoms with Crippen LogP contribution < -0.4 is 11.1 Å². The lowest BCUT2D eigenvalue weighted by Crippen LogP contribution is -2.55. The van der Waals surface area contributed by atoms with Crippen LogP contribution in [-0.4, -0.2) is 41.4 Å². The standard InChI is InChI=1S/C13H23N3O2/c1-8-6-9(2)15-10(7-8)13(18)16-5-3-4-11(16)12(14)17/h8-11,15H,3-7H2,1-2H3,(H2,14,17). The van der Waals surface area contributed by atoms with E-state index in [0.29, 0.717) is 24.9 Å². The second kappa shape index (κ2) is 5.26. The van der Waals surface area contributed by atoms with E-state index in [1.54, 1.807) is 4.90 Å². The molecule has 0 aromatic rings. The van der Waals surface area contributed by atoms with Crippen molar-refractivity contribution in [2.24, 2.45) is 11.7 Å². The lowest BCUT2D eigenvalue weighted by Gasteiger charge is -2.35. The van der Waals surface area contributed by atoms with Crippen molar-refractivity contribution in [3.8, 4) is 0 Å². The average Bonchev–Trinajstić information content (AvgIpc) is 2.75. The van der Waals surface area contributed by atoms with Crippen LogP contribution in [0.1, 0.15) is 39.5 Å². The van der Waals surface area contributed by atoms with Gasteiger partial charge >= 0.3 is 0 Å². The maximum atomic E-state index is 12.5. The molecule has 0 saturated carbocycles. The van der Waals surface area contributed by atoms with Gasteiger partial charge in [-0.25, -0.2) is 0 Å². The molecular weight excluding hydrogens is 230 g/mol. The van der Waals surface area contributed by atoms with Gasteiger partial charge < -0.3 is 16.0 Å². The summed E-state index contributed by atoms with van der Waals surface area (Å²) in [5.74, 6) is 0.220. The Balaban J connectivity index is 2.04. The van der Waals surface area contributed by atoms with Crippen LogP contribution in [0.3, 0.4) is 0 Å². The molecule has 2 heterocycles. The molecule has 0 spiro atoms. The maximum Gasteiger partial charge on any atom is 0.240 e. The van der Waals surface area contributed by atoms with E-state index in [-0.39, 0.29) is 17.9 Å². The summed E-state index contributed by atoms with van der Waals surface area (Å²) in [5, 5.41) is 3.34. The molecule has 2 fully saturated rings. The topological polar surface area (TPSA) is 75.4 Å². The number of piperidine rings is 1. The zero-order valence-electron chi connectivity index (χ0n) is 11.2. The van der Waals surface area contributed by atoms with Gasteiger partial charge in [-0.15, -0.1) is 0 Å². The van der Waals surface area contributed by atoms with Crippen molar-refractivity contribution in [1.82, 2.24) is 10.2 Å². The molecule has 5 heteroatoms. The number of carbonyl (C=O) groups excluding carboxylic acids is 2. The van der Waals surface area contributed by atoms with Gasteiger partial charge in [0.2, 0.25) is 11.8 Å². The number of nitrogens with two attached hydrogens (primary N) is 1. The van der Waals surface area contributed by atoms with Gasteiger partial charge in [0, 0.05) is 12.6 Å². The minimum atomic E-state index is -0.396. The number of carbonyl (C=O) groups is 2. The van der Waals surface area contributed by atoms with E-state index in [4.69, 9.17) is 5.73 Å². The Hall–Kier alpha value is -1.10. The molecule has 2 aliphatic heterocycles. The summed E-state index contributed by atoms with van der Waals surface area (Å²) >= 11 is 0. The Morgan fingerprint density at radius 3 is 2.61 bits per heavy atom. The van der Waals surface area contributed by atoms with Crippen molar-refractivity contribution in [2.45, 2.75) is 57.7 Å². The quantitative estimate of drug-likeness (QED) is 0.740. The number of amides is 2. The largest absolute Gasteiger partial charge is 0.368 e. The van der Waals surface area contributed by atoms with Gasteiger partial charge in [-0.3, -0.25) is 9.59 Å². The van der Waals surface area contributed by atoms with Crippen LogP contribution in [-0.2, 0) is 9.59 Å². The molecule has 0 aromatic heterocycles. The van der Waals surface area contributed by atoms with Gasteiger partial charge in [0.15, 0.2) is 0 Å². The highest BCUT2D eigenvalue weighted by Gasteiger charge is 2.38. The number of nitrogens with one attached hydrogen (secondary N) is 1. The Morgan fingerprint density at radius 1 is 1.28 bits per heavy atom. The highest BCUT2D eigenvalue weighted by Crippen LogP contribution is 2.24. The van der Waals surface area contributed by atoms with Gasteiger partial charge in [-0.2, -0.15) is 0 Å². The third kappa shape index (κ3) is 2.66. The summed E-state index contributed by atoms with van der Waals surface area (Å²) in [5.41, 5.74) is 5.36. The molecule has 3 N–H and O–H groups in total. The Morgan fingerprint density at radius 2 is 2.00 bits per heavy atom. The third-order valence-corrected chi connectivity index (χ3v) is 4.04. The van der Waals surface area contributed by atoms with Crippen molar-refractivity contribution in [1.29, 1.82) is 0 Å². The predicted octanol–water partition coefficient (Wildman–Crippen LogP) is 0.239. The van der Waals surface area contributed by atoms with Crippen LogP contribution in [0.2, 0.25) is 0 Å². The first-order valence-corrected chi connectivity index (χ1v) is 6.85. The summed E-state index contributed by atoms with van der Waals surface area (Å²) in [6.45, 7) is 4.94. The fraction of sp³-hybridized carbons (Fsp3) is 0.846. The number of nitrogens with zero attached hydrogens (tertiary/aromatic N) is 1. The van der Waals surface area contributed by atoms with Crippen LogP contribution in [0.4, 0.5) is 0 Å². The van der Waals surface area contributed by atoms with Gasteiger partial charge in [-0.05, 0) is 38.5 Å². The monoisotopic (exact) mass is 253 g/mol. The van der Waals surface area contributed by atoms with Crippen LogP contribution in [0.25, 0.3) is 0 Å². The molecule has 0 radical (unpaired) electrons. The summed E-state index contributed by atoms with van der Waals surface area (Å²) in [7, 11) is 0. The Bertz CT molecular complexity index is 335. The molecule has 102 valence electrons. The number of likely N-dealkylation sites (tertiary alicyclic amines) is 1. The van der Waals surface area contributed by atoms with E-state index in [1.165, 1.54) is 0 Å². The van der Waals surface area contributed by atoms with Gasteiger partial charge in [0.25, 0.3) is 0 Å². The van der Waals surface area contributed by atoms with Gasteiger partial charge in [-0.1, -0.05) is 6.92 Å². The van der Waals surface area contributed by atoms with Gasteiger partial charge in [0.1, 0.15) is 6.04 Å². The van der Waals surface area contributed by atoms with E-state index >= 15 is 0 Å². The summed E-state index contributed by atoms with van der Waals surface area (Å²) in [4.78, 5) is 25.5. The van der Waals surface area contributed by atoms with Crippen molar-refractivity contribution in [3.05, 3.63) is 0 Å². The minimum absolute atomic E-state index is 0.0506. The van der Waals surface area contributed by atoms with Crippen LogP contribution >= 0.6 is 0 Å². The number of hydrogen-bond donors (Lipinski definition) is 2. The summed E-state index contributed by atoms with van der Waals surface area (Å²) < 4.78 is 0. The molecule has 5 nitrogen and oxygen atoms in total. The highest BCUT2D eigenvalue weighted by molar-refractivity contribution is 5.89. The van der Waals surface area contributed by atoms with Crippen molar-refractivity contribution < 1.29 is 9.59 Å². The second-order valence-corrected chi connectivity index (χ2v) is 5.79. The summed E-state index contributed by atoms with van der Waals surface area (Å²) in [6, 6.07) is -0.187. The first-order valence-electron chi connectivity index (χ1n) is 6.85. The SMILES string of the molecule is CC1CC(C)NC(C(=O)N2CCCC2C(N)=O)C1. The van der Waals surface area contributed by atoms with E-state index < -0.39 is 6.04 Å². The first-order chi connectivity index (χ1) is 8.49. The molecule has 0 aliphatic carbocycles. The van der Waals surface area contributed by atoms with E-state index in [9.17, 15) is 9.59 Å². The van der Waals surface area contributed by atoms with E-state index in [0.717, 1.165) is 19.3 Å². The smallest absolute Gasteiger partial charge is 0.240 e. The predicted molar refractivity (Wildman–Crippen MR) is 68.7 cm³/mol. The number of primary amides is 1. The van der Waals surface area contributed by atoms with Crippen molar-refractivity contribution in [3.63, 3.8) is 0 Å². The minimum Gasteiger partial charge on any atom is -0.368 e. The molecule has 2 amide bonds. The molecular formula is C13H23N3O2. The fourth-order valence-corrected chi connectivity index (χ4v) is 3.28. The molecule has 4 atom stereocenters. The zero-order chi connectivity index (χ0) is 13.3. The van der Waals surface area contributed by atoms with Crippen molar-refractivity contribution in [2.75, 3.05) is 6.54 Å². The van der Waals surface area contributed by atoms with Crippen LogP contribution in [0.5, 0.6) is 0 Å². The zero-order valence-corrected chi connectivity index (χ0v) is 11.2. The van der Waals surface area contributed by atoms with E-state index in [2.05, 4.69) is 19.2 Å². The molecule has 0 aromatic carbocycles. The lowest BCUT2D eigenvalue weighted by atomic mass is 9.89. The average molecular weight is 253 g/mol. The molecule has 4 unspecified atom stereocenters. The third-order valence-electron chi connectivity index (χ3n) is 4.04. The molecule has 18 heavy (non-hydrogen) atoms. The first kappa shape index (κ1) is 13.3. The lowest BCUT2D eigenvalue weighted by molar-refractivity contribution is -0.140. The summed E-state index contributed by atoms with van der Waals surface area (Å²) in [6.07, 6.45) is 3.53. The van der Waals surface area contributed by atoms with Crippen LogP contribution in [0, 0.1) is 5.92 Å². The fourth-order valence-electron chi connectivity index (χ4n) is 3.28. The molecule has 2 saturated heterocycles. The Labute approximate surface area is 108 Å². The van der Waals surface area contributed by atoms with Crippen molar-refractivity contribution >= 4 is 11.8 Å². The number of rotatable bonds is 2. The van der Waals surface area contributed by atoms with E-state index in [1.807, 2.05) is 0 Å². The molecule has 2 aliphatic rings. The Kier molecular flexibility index (Phi) is 3.90. The number of hydrogen-bond acceptors (Lipinski definition) is 3. The molecule has 2 rings (SSSR count). The second-order valence-electron chi connectivity index (χ2n) is 5.79. The highest BCUT2D eigenvalue weighted by atomic mass is 16.2.